The number of hydrogen-bond donors (Lipinski definition) is 0. The largest absolute Gasteiger partial charge is 0.295 e. The first-order valence-electron chi connectivity index (χ1n) is 5.01. The van der Waals surface area contributed by atoms with Crippen LogP contribution in [0.2, 0.25) is 0 Å². The van der Waals surface area contributed by atoms with Crippen molar-refractivity contribution in [3.8, 4) is 0 Å². The molecule has 1 aliphatic rings. The summed E-state index contributed by atoms with van der Waals surface area (Å²) in [5.41, 5.74) is 2.56. The van der Waals surface area contributed by atoms with Gasteiger partial charge in [-0.25, -0.2) is 0 Å². The maximum absolute atomic E-state index is 11.2. The molecule has 1 aromatic carbocycles. The fourth-order valence-corrected chi connectivity index (χ4v) is 1.85. The van der Waals surface area contributed by atoms with Crippen LogP contribution in [0, 0.1) is 6.92 Å². The highest BCUT2D eigenvalue weighted by atomic mass is 16.1. The SMILES string of the molecule is Cc1ccc(C2CC=CC(=O)C2)cc1. The molecule has 14 heavy (non-hydrogen) atoms. The van der Waals surface area contributed by atoms with Crippen molar-refractivity contribution in [2.24, 2.45) is 0 Å². The molecule has 0 fully saturated rings. The molecule has 1 nitrogen and oxygen atoms in total. The average Bonchev–Trinajstić information content (AvgIpc) is 2.19. The Labute approximate surface area is 84.5 Å². The van der Waals surface area contributed by atoms with Crippen LogP contribution < -0.4 is 0 Å². The molecule has 1 heteroatoms. The minimum atomic E-state index is 0.252. The van der Waals surface area contributed by atoms with Gasteiger partial charge in [-0.3, -0.25) is 4.79 Å². The number of ketones is 1. The predicted octanol–water partition coefficient (Wildman–Crippen LogP) is 3.00. The van der Waals surface area contributed by atoms with E-state index in [9.17, 15) is 4.79 Å². The van der Waals surface area contributed by atoms with E-state index in [0.29, 0.717) is 12.3 Å². The molecule has 0 saturated heterocycles. The molecule has 0 radical (unpaired) electrons. The van der Waals surface area contributed by atoms with E-state index in [0.717, 1.165) is 6.42 Å². The van der Waals surface area contributed by atoms with Crippen LogP contribution in [0.15, 0.2) is 36.4 Å². The maximum atomic E-state index is 11.2. The van der Waals surface area contributed by atoms with Gasteiger partial charge >= 0.3 is 0 Å². The smallest absolute Gasteiger partial charge is 0.155 e. The molecule has 0 N–H and O–H groups in total. The van der Waals surface area contributed by atoms with Gasteiger partial charge in [0.15, 0.2) is 5.78 Å². The summed E-state index contributed by atoms with van der Waals surface area (Å²) in [7, 11) is 0. The van der Waals surface area contributed by atoms with Gasteiger partial charge < -0.3 is 0 Å². The number of aryl methyl sites for hydroxylation is 1. The number of rotatable bonds is 1. The predicted molar refractivity (Wildman–Crippen MR) is 57.3 cm³/mol. The van der Waals surface area contributed by atoms with Gasteiger partial charge in [0.2, 0.25) is 0 Å². The van der Waals surface area contributed by atoms with Gasteiger partial charge in [0.25, 0.3) is 0 Å². The Hall–Kier alpha value is -1.37. The summed E-state index contributed by atoms with van der Waals surface area (Å²) in [5, 5.41) is 0. The zero-order valence-corrected chi connectivity index (χ0v) is 8.36. The van der Waals surface area contributed by atoms with Crippen molar-refractivity contribution >= 4 is 5.78 Å². The highest BCUT2D eigenvalue weighted by Crippen LogP contribution is 2.27. The molecule has 1 unspecified atom stereocenters. The summed E-state index contributed by atoms with van der Waals surface area (Å²) >= 11 is 0. The lowest BCUT2D eigenvalue weighted by Crippen LogP contribution is -2.08. The molecule has 0 amide bonds. The fourth-order valence-electron chi connectivity index (χ4n) is 1.85. The molecule has 1 aromatic rings. The zero-order chi connectivity index (χ0) is 9.97. The number of hydrogen-bond acceptors (Lipinski definition) is 1. The first-order chi connectivity index (χ1) is 6.75. The van der Waals surface area contributed by atoms with Gasteiger partial charge in [0.05, 0.1) is 0 Å². The average molecular weight is 186 g/mol. The second kappa shape index (κ2) is 3.79. The summed E-state index contributed by atoms with van der Waals surface area (Å²) in [5.74, 6) is 0.648. The van der Waals surface area contributed by atoms with Crippen LogP contribution in [0.5, 0.6) is 0 Å². The van der Waals surface area contributed by atoms with Gasteiger partial charge in [-0.1, -0.05) is 35.9 Å². The molecular formula is C13H14O. The van der Waals surface area contributed by atoms with Gasteiger partial charge in [0.1, 0.15) is 0 Å². The van der Waals surface area contributed by atoms with E-state index in [1.165, 1.54) is 11.1 Å². The molecule has 0 saturated carbocycles. The van der Waals surface area contributed by atoms with Crippen LogP contribution in [0.4, 0.5) is 0 Å². The lowest BCUT2D eigenvalue weighted by molar-refractivity contribution is -0.115. The molecule has 72 valence electrons. The monoisotopic (exact) mass is 186 g/mol. The van der Waals surface area contributed by atoms with E-state index < -0.39 is 0 Å². The lowest BCUT2D eigenvalue weighted by Gasteiger charge is -2.17. The quantitative estimate of drug-likeness (QED) is 0.659. The Kier molecular flexibility index (Phi) is 2.49. The normalized spacial score (nSPS) is 21.2. The molecule has 0 spiro atoms. The van der Waals surface area contributed by atoms with Crippen molar-refractivity contribution in [1.82, 2.24) is 0 Å². The Morgan fingerprint density at radius 3 is 2.57 bits per heavy atom. The molecule has 0 bridgehead atoms. The van der Waals surface area contributed by atoms with E-state index in [4.69, 9.17) is 0 Å². The number of allylic oxidation sites excluding steroid dienone is 2. The van der Waals surface area contributed by atoms with Gasteiger partial charge in [-0.05, 0) is 30.9 Å². The summed E-state index contributed by atoms with van der Waals surface area (Å²) < 4.78 is 0. The van der Waals surface area contributed by atoms with E-state index in [-0.39, 0.29) is 5.78 Å². The molecule has 0 heterocycles. The van der Waals surface area contributed by atoms with Crippen LogP contribution in [0.1, 0.15) is 29.9 Å². The number of benzene rings is 1. The van der Waals surface area contributed by atoms with E-state index in [1.807, 2.05) is 6.08 Å². The third kappa shape index (κ3) is 1.92. The number of carbonyl (C=O) groups is 1. The Balaban J connectivity index is 2.19. The van der Waals surface area contributed by atoms with Crippen molar-refractivity contribution < 1.29 is 4.79 Å². The van der Waals surface area contributed by atoms with Crippen LogP contribution in [0.25, 0.3) is 0 Å². The van der Waals surface area contributed by atoms with Crippen molar-refractivity contribution in [3.05, 3.63) is 47.5 Å². The fraction of sp³-hybridized carbons (Fsp3) is 0.308. The van der Waals surface area contributed by atoms with Gasteiger partial charge in [-0.2, -0.15) is 0 Å². The van der Waals surface area contributed by atoms with Crippen molar-refractivity contribution in [1.29, 1.82) is 0 Å². The van der Waals surface area contributed by atoms with Crippen LogP contribution in [0.3, 0.4) is 0 Å². The Bertz CT molecular complexity index is 359. The number of carbonyl (C=O) groups excluding carboxylic acids is 1. The zero-order valence-electron chi connectivity index (χ0n) is 8.36. The molecular weight excluding hydrogens is 172 g/mol. The third-order valence-electron chi connectivity index (χ3n) is 2.72. The van der Waals surface area contributed by atoms with Gasteiger partial charge in [-0.15, -0.1) is 0 Å². The molecule has 2 rings (SSSR count). The Morgan fingerprint density at radius 1 is 1.21 bits per heavy atom. The second-order valence-electron chi connectivity index (χ2n) is 3.92. The third-order valence-corrected chi connectivity index (χ3v) is 2.72. The highest BCUT2D eigenvalue weighted by Gasteiger charge is 2.16. The van der Waals surface area contributed by atoms with Crippen molar-refractivity contribution in [3.63, 3.8) is 0 Å². The molecule has 1 atom stereocenters. The second-order valence-corrected chi connectivity index (χ2v) is 3.92. The standard InChI is InChI=1S/C13H14O/c1-10-5-7-11(8-6-10)12-3-2-4-13(14)9-12/h2,4-8,12H,3,9H2,1H3. The molecule has 0 aromatic heterocycles. The summed E-state index contributed by atoms with van der Waals surface area (Å²) in [4.78, 5) is 11.2. The molecule has 0 aliphatic heterocycles. The topological polar surface area (TPSA) is 17.1 Å². The van der Waals surface area contributed by atoms with Crippen molar-refractivity contribution in [2.45, 2.75) is 25.7 Å². The maximum Gasteiger partial charge on any atom is 0.155 e. The van der Waals surface area contributed by atoms with Gasteiger partial charge in [0, 0.05) is 6.42 Å². The Morgan fingerprint density at radius 2 is 1.93 bits per heavy atom. The summed E-state index contributed by atoms with van der Waals surface area (Å²) in [6.07, 6.45) is 5.34. The minimum absolute atomic E-state index is 0.252. The van der Waals surface area contributed by atoms with E-state index >= 15 is 0 Å². The van der Waals surface area contributed by atoms with Crippen LogP contribution >= 0.6 is 0 Å². The van der Waals surface area contributed by atoms with E-state index in [2.05, 4.69) is 31.2 Å². The summed E-state index contributed by atoms with van der Waals surface area (Å²) in [6, 6.07) is 8.48. The van der Waals surface area contributed by atoms with Crippen molar-refractivity contribution in [2.75, 3.05) is 0 Å². The van der Waals surface area contributed by atoms with E-state index in [1.54, 1.807) is 6.08 Å². The molecule has 1 aliphatic carbocycles. The van der Waals surface area contributed by atoms with Crippen LogP contribution in [-0.4, -0.2) is 5.78 Å². The highest BCUT2D eigenvalue weighted by molar-refractivity contribution is 5.91. The summed E-state index contributed by atoms with van der Waals surface area (Å²) in [6.45, 7) is 2.08. The van der Waals surface area contributed by atoms with Crippen LogP contribution in [-0.2, 0) is 4.79 Å². The lowest BCUT2D eigenvalue weighted by atomic mass is 9.87. The first kappa shape index (κ1) is 9.20. The minimum Gasteiger partial charge on any atom is -0.295 e. The first-order valence-corrected chi connectivity index (χ1v) is 5.01.